The highest BCUT2D eigenvalue weighted by Gasteiger charge is 2.30. The summed E-state index contributed by atoms with van der Waals surface area (Å²) in [5.41, 5.74) is -1.10. The van der Waals surface area contributed by atoms with Crippen LogP contribution in [0.4, 0.5) is 13.2 Å². The van der Waals surface area contributed by atoms with Crippen molar-refractivity contribution in [2.45, 2.75) is 57.6 Å². The molecule has 0 N–H and O–H groups in total. The van der Waals surface area contributed by atoms with Gasteiger partial charge in [-0.05, 0) is 44.6 Å². The van der Waals surface area contributed by atoms with E-state index >= 15 is 0 Å². The first-order chi connectivity index (χ1) is 15.4. The molecule has 1 aliphatic rings. The number of halogens is 3. The molecule has 0 aliphatic carbocycles. The molecular formula is C22H26F3NO6. The van der Waals surface area contributed by atoms with Crippen molar-refractivity contribution in [2.75, 3.05) is 19.8 Å². The van der Waals surface area contributed by atoms with Gasteiger partial charge in [0.15, 0.2) is 6.29 Å². The quantitative estimate of drug-likeness (QED) is 0.452. The van der Waals surface area contributed by atoms with Crippen molar-refractivity contribution in [3.63, 3.8) is 0 Å². The van der Waals surface area contributed by atoms with Crippen LogP contribution in [0, 0.1) is 0 Å². The standard InChI is InChI=1S/C22H26F3NO6/c23-22(24,25)16-7-8-20(26-13-16)29-10-4-1-3-9-28-19-15-31-17(12-18(19)27)14-32-21-6-2-5-11-30-21/h7-8,12-13,15,21H,1-6,9-11,14H2. The summed E-state index contributed by atoms with van der Waals surface area (Å²) >= 11 is 0. The predicted octanol–water partition coefficient (Wildman–Crippen LogP) is 4.72. The first-order valence-electron chi connectivity index (χ1n) is 10.6. The van der Waals surface area contributed by atoms with Crippen molar-refractivity contribution < 1.29 is 36.5 Å². The van der Waals surface area contributed by atoms with Crippen LogP contribution in [0.2, 0.25) is 0 Å². The number of ether oxygens (including phenoxy) is 4. The second-order valence-corrected chi connectivity index (χ2v) is 7.32. The van der Waals surface area contributed by atoms with E-state index in [0.29, 0.717) is 38.4 Å². The Morgan fingerprint density at radius 2 is 1.91 bits per heavy atom. The lowest BCUT2D eigenvalue weighted by Gasteiger charge is -2.22. The minimum atomic E-state index is -4.42. The molecule has 0 amide bonds. The maximum Gasteiger partial charge on any atom is 0.417 e. The summed E-state index contributed by atoms with van der Waals surface area (Å²) in [5, 5.41) is 0. The van der Waals surface area contributed by atoms with Gasteiger partial charge in [0.05, 0.1) is 18.8 Å². The Bertz CT molecular complexity index is 878. The highest BCUT2D eigenvalue weighted by atomic mass is 19.4. The SMILES string of the molecule is O=c1cc(COC2CCCCO2)occ1OCCCCCOc1ccc(C(F)(F)F)cn1. The lowest BCUT2D eigenvalue weighted by atomic mass is 10.2. The van der Waals surface area contributed by atoms with E-state index in [0.717, 1.165) is 37.9 Å². The zero-order chi connectivity index (χ0) is 22.8. The third-order valence-corrected chi connectivity index (χ3v) is 4.76. The van der Waals surface area contributed by atoms with Crippen LogP contribution in [0.15, 0.2) is 39.9 Å². The van der Waals surface area contributed by atoms with Gasteiger partial charge in [0.2, 0.25) is 17.1 Å². The van der Waals surface area contributed by atoms with Crippen LogP contribution < -0.4 is 14.9 Å². The van der Waals surface area contributed by atoms with Gasteiger partial charge in [0, 0.05) is 24.9 Å². The summed E-state index contributed by atoms with van der Waals surface area (Å²) in [5.74, 6) is 0.685. The fraction of sp³-hybridized carbons (Fsp3) is 0.545. The Kier molecular flexibility index (Phi) is 8.92. The van der Waals surface area contributed by atoms with Crippen molar-refractivity contribution in [3.05, 3.63) is 52.2 Å². The molecule has 7 nitrogen and oxygen atoms in total. The fourth-order valence-electron chi connectivity index (χ4n) is 3.01. The van der Waals surface area contributed by atoms with Gasteiger partial charge in [-0.3, -0.25) is 4.79 Å². The number of rotatable bonds is 11. The van der Waals surface area contributed by atoms with Gasteiger partial charge in [-0.25, -0.2) is 4.98 Å². The third-order valence-electron chi connectivity index (χ3n) is 4.76. The minimum absolute atomic E-state index is 0.132. The van der Waals surface area contributed by atoms with Crippen molar-refractivity contribution >= 4 is 0 Å². The van der Waals surface area contributed by atoms with E-state index in [1.165, 1.54) is 18.4 Å². The zero-order valence-electron chi connectivity index (χ0n) is 17.6. The molecule has 3 rings (SSSR count). The molecule has 0 radical (unpaired) electrons. The van der Waals surface area contributed by atoms with Crippen molar-refractivity contribution in [1.82, 2.24) is 4.98 Å². The number of unbranched alkanes of at least 4 members (excludes halogenated alkanes) is 2. The average molecular weight is 457 g/mol. The van der Waals surface area contributed by atoms with Crippen LogP contribution >= 0.6 is 0 Å². The predicted molar refractivity (Wildman–Crippen MR) is 107 cm³/mol. The van der Waals surface area contributed by atoms with Crippen LogP contribution in [-0.4, -0.2) is 31.1 Å². The second-order valence-electron chi connectivity index (χ2n) is 7.32. The monoisotopic (exact) mass is 457 g/mol. The number of aromatic nitrogens is 1. The second kappa shape index (κ2) is 11.9. The van der Waals surface area contributed by atoms with Gasteiger partial charge in [0.25, 0.3) is 0 Å². The number of hydrogen-bond donors (Lipinski definition) is 0. The Morgan fingerprint density at radius 3 is 2.56 bits per heavy atom. The molecule has 2 aromatic heterocycles. The number of nitrogens with zero attached hydrogens (tertiary/aromatic N) is 1. The van der Waals surface area contributed by atoms with Gasteiger partial charge in [-0.1, -0.05) is 0 Å². The van der Waals surface area contributed by atoms with Gasteiger partial charge in [-0.15, -0.1) is 0 Å². The molecule has 32 heavy (non-hydrogen) atoms. The Hall–Kier alpha value is -2.59. The van der Waals surface area contributed by atoms with E-state index in [2.05, 4.69) is 4.98 Å². The molecule has 0 bridgehead atoms. The van der Waals surface area contributed by atoms with E-state index in [1.54, 1.807) is 0 Å². The zero-order valence-corrected chi connectivity index (χ0v) is 17.6. The topological polar surface area (TPSA) is 80.0 Å². The molecule has 3 heterocycles. The van der Waals surface area contributed by atoms with Crippen molar-refractivity contribution in [2.24, 2.45) is 0 Å². The Morgan fingerprint density at radius 1 is 1.09 bits per heavy atom. The van der Waals surface area contributed by atoms with E-state index in [4.69, 9.17) is 23.4 Å². The lowest BCUT2D eigenvalue weighted by Crippen LogP contribution is -2.22. The maximum atomic E-state index is 12.5. The first kappa shape index (κ1) is 24.1. The molecule has 0 saturated carbocycles. The fourth-order valence-corrected chi connectivity index (χ4v) is 3.01. The molecule has 0 aromatic carbocycles. The highest BCUT2D eigenvalue weighted by molar-refractivity contribution is 5.20. The van der Waals surface area contributed by atoms with Crippen LogP contribution in [0.3, 0.4) is 0 Å². The van der Waals surface area contributed by atoms with Gasteiger partial charge >= 0.3 is 6.18 Å². The summed E-state index contributed by atoms with van der Waals surface area (Å²) in [6.07, 6.45) is 2.36. The van der Waals surface area contributed by atoms with E-state index in [1.807, 2.05) is 0 Å². The van der Waals surface area contributed by atoms with E-state index in [9.17, 15) is 18.0 Å². The average Bonchev–Trinajstić information content (AvgIpc) is 2.78. The third kappa shape index (κ3) is 7.83. The summed E-state index contributed by atoms with van der Waals surface area (Å²) < 4.78 is 64.7. The molecule has 1 saturated heterocycles. The summed E-state index contributed by atoms with van der Waals surface area (Å²) in [6.45, 7) is 1.49. The lowest BCUT2D eigenvalue weighted by molar-refractivity contribution is -0.171. The largest absolute Gasteiger partial charge is 0.487 e. The molecule has 1 atom stereocenters. The highest BCUT2D eigenvalue weighted by Crippen LogP contribution is 2.29. The number of alkyl halides is 3. The van der Waals surface area contributed by atoms with Crippen molar-refractivity contribution in [3.8, 4) is 11.6 Å². The molecule has 0 spiro atoms. The molecular weight excluding hydrogens is 431 g/mol. The van der Waals surface area contributed by atoms with Crippen LogP contribution in [-0.2, 0) is 22.3 Å². The van der Waals surface area contributed by atoms with Crippen LogP contribution in [0.25, 0.3) is 0 Å². The minimum Gasteiger partial charge on any atom is -0.487 e. The van der Waals surface area contributed by atoms with Crippen LogP contribution in [0.5, 0.6) is 11.6 Å². The molecule has 1 aliphatic heterocycles. The Balaban J connectivity index is 1.28. The van der Waals surface area contributed by atoms with E-state index in [-0.39, 0.29) is 30.0 Å². The summed E-state index contributed by atoms with van der Waals surface area (Å²) in [4.78, 5) is 15.8. The Labute approximate surface area is 183 Å². The molecule has 2 aromatic rings. The van der Waals surface area contributed by atoms with Crippen molar-refractivity contribution in [1.29, 1.82) is 0 Å². The van der Waals surface area contributed by atoms with Gasteiger partial charge < -0.3 is 23.4 Å². The smallest absolute Gasteiger partial charge is 0.417 e. The van der Waals surface area contributed by atoms with Crippen LogP contribution in [0.1, 0.15) is 49.8 Å². The molecule has 1 unspecified atom stereocenters. The molecule has 10 heteroatoms. The first-order valence-corrected chi connectivity index (χ1v) is 10.6. The van der Waals surface area contributed by atoms with E-state index < -0.39 is 11.7 Å². The van der Waals surface area contributed by atoms with Gasteiger partial charge in [0.1, 0.15) is 18.6 Å². The summed E-state index contributed by atoms with van der Waals surface area (Å²) in [6, 6.07) is 3.48. The van der Waals surface area contributed by atoms with Gasteiger partial charge in [-0.2, -0.15) is 13.2 Å². The number of pyridine rings is 1. The summed E-state index contributed by atoms with van der Waals surface area (Å²) in [7, 11) is 0. The normalized spacial score (nSPS) is 16.7. The molecule has 176 valence electrons. The maximum absolute atomic E-state index is 12.5. The number of hydrogen-bond acceptors (Lipinski definition) is 7. The molecule has 1 fully saturated rings.